The summed E-state index contributed by atoms with van der Waals surface area (Å²) in [5, 5.41) is 32.4. The molecule has 0 heterocycles. The minimum absolute atomic E-state index is 0.0210. The number of hydrogen-bond donors (Lipinski definition) is 3. The molecule has 0 aromatic carbocycles. The lowest BCUT2D eigenvalue weighted by Gasteiger charge is -2.62. The molecule has 0 radical (unpaired) electrons. The normalized spacial score (nSPS) is 55.0. The first-order chi connectivity index (χ1) is 11.2. The monoisotopic (exact) mass is 338 g/mol. The van der Waals surface area contributed by atoms with Crippen LogP contribution >= 0.6 is 0 Å². The third kappa shape index (κ3) is 2.12. The molecule has 138 valence electrons. The summed E-state index contributed by atoms with van der Waals surface area (Å²) >= 11 is 0. The van der Waals surface area contributed by atoms with Crippen LogP contribution in [0.25, 0.3) is 0 Å². The van der Waals surface area contributed by atoms with Crippen LogP contribution in [-0.4, -0.2) is 39.9 Å². The summed E-state index contributed by atoms with van der Waals surface area (Å²) in [4.78, 5) is 12.9. The fraction of sp³-hybridized carbons (Fsp3) is 0.950. The van der Waals surface area contributed by atoms with Crippen LogP contribution in [0.2, 0.25) is 0 Å². The van der Waals surface area contributed by atoms with E-state index in [-0.39, 0.29) is 41.0 Å². The van der Waals surface area contributed by atoms with Crippen LogP contribution in [0.3, 0.4) is 0 Å². The first-order valence-electron chi connectivity index (χ1n) is 9.67. The Bertz CT molecular complexity index is 520. The molecule has 3 rings (SSSR count). The van der Waals surface area contributed by atoms with Crippen LogP contribution in [-0.2, 0) is 4.79 Å². The van der Waals surface area contributed by atoms with Crippen LogP contribution in [0.15, 0.2) is 0 Å². The summed E-state index contributed by atoms with van der Waals surface area (Å²) in [5.41, 5.74) is -1.18. The number of Topliss-reactive ketones (excluding diaryl/α,β-unsaturated/α-hetero) is 1. The number of carbonyl (C=O) groups is 1. The van der Waals surface area contributed by atoms with E-state index in [0.717, 1.165) is 25.7 Å². The maximum atomic E-state index is 12.9. The van der Waals surface area contributed by atoms with E-state index < -0.39 is 17.6 Å². The molecule has 3 aliphatic rings. The molecule has 2 bridgehead atoms. The minimum Gasteiger partial charge on any atom is -0.396 e. The second-order valence-electron chi connectivity index (χ2n) is 9.38. The summed E-state index contributed by atoms with van der Waals surface area (Å²) in [6.45, 7) is 8.30. The third-order valence-corrected chi connectivity index (χ3v) is 8.69. The quantitative estimate of drug-likeness (QED) is 0.723. The molecule has 3 saturated carbocycles. The van der Waals surface area contributed by atoms with Crippen molar-refractivity contribution in [2.45, 2.75) is 78.4 Å². The van der Waals surface area contributed by atoms with Crippen molar-refractivity contribution in [1.29, 1.82) is 0 Å². The molecule has 24 heavy (non-hydrogen) atoms. The van der Waals surface area contributed by atoms with Gasteiger partial charge in [-0.15, -0.1) is 0 Å². The van der Waals surface area contributed by atoms with E-state index in [9.17, 15) is 20.1 Å². The molecule has 4 nitrogen and oxygen atoms in total. The highest BCUT2D eigenvalue weighted by atomic mass is 16.3. The molecule has 0 saturated heterocycles. The number of carbonyl (C=O) groups excluding carboxylic acids is 1. The van der Waals surface area contributed by atoms with Crippen LogP contribution in [0.1, 0.15) is 66.2 Å². The Labute approximate surface area is 145 Å². The Morgan fingerprint density at radius 2 is 1.88 bits per heavy atom. The van der Waals surface area contributed by atoms with Crippen molar-refractivity contribution in [3.8, 4) is 0 Å². The number of aliphatic hydroxyl groups is 3. The molecule has 0 aliphatic heterocycles. The molecule has 3 fully saturated rings. The molecule has 8 atom stereocenters. The molecule has 0 spiro atoms. The van der Waals surface area contributed by atoms with Gasteiger partial charge >= 0.3 is 0 Å². The Kier molecular flexibility index (Phi) is 4.42. The average Bonchev–Trinajstić information content (AvgIpc) is 2.91. The number of rotatable bonds is 2. The van der Waals surface area contributed by atoms with Crippen LogP contribution in [0.5, 0.6) is 0 Å². The predicted molar refractivity (Wildman–Crippen MR) is 92.3 cm³/mol. The highest BCUT2D eigenvalue weighted by Gasteiger charge is 2.67. The molecule has 4 heteroatoms. The number of ketones is 1. The summed E-state index contributed by atoms with van der Waals surface area (Å²) in [6, 6.07) is 0. The zero-order chi connectivity index (χ0) is 17.9. The Morgan fingerprint density at radius 1 is 1.21 bits per heavy atom. The van der Waals surface area contributed by atoms with E-state index >= 15 is 0 Å². The van der Waals surface area contributed by atoms with Gasteiger partial charge in [0.05, 0.1) is 12.2 Å². The number of aliphatic hydroxyl groups excluding tert-OH is 3. The topological polar surface area (TPSA) is 77.8 Å². The van der Waals surface area contributed by atoms with Gasteiger partial charge in [-0.2, -0.15) is 0 Å². The van der Waals surface area contributed by atoms with E-state index in [4.69, 9.17) is 0 Å². The maximum Gasteiger partial charge on any atom is 0.137 e. The fourth-order valence-corrected chi connectivity index (χ4v) is 6.71. The van der Waals surface area contributed by atoms with Crippen molar-refractivity contribution in [3.63, 3.8) is 0 Å². The predicted octanol–water partition coefficient (Wildman–Crippen LogP) is 2.54. The molecular weight excluding hydrogens is 304 g/mol. The first-order valence-corrected chi connectivity index (χ1v) is 9.67. The molecule has 0 aromatic rings. The molecule has 3 aliphatic carbocycles. The lowest BCUT2D eigenvalue weighted by Crippen LogP contribution is -2.63. The smallest absolute Gasteiger partial charge is 0.137 e. The van der Waals surface area contributed by atoms with Gasteiger partial charge in [-0.25, -0.2) is 0 Å². The van der Waals surface area contributed by atoms with Crippen LogP contribution in [0, 0.1) is 34.0 Å². The van der Waals surface area contributed by atoms with Gasteiger partial charge in [0.25, 0.3) is 0 Å². The highest BCUT2D eigenvalue weighted by molar-refractivity contribution is 5.85. The van der Waals surface area contributed by atoms with E-state index in [0.29, 0.717) is 12.8 Å². The van der Waals surface area contributed by atoms with Crippen molar-refractivity contribution < 1.29 is 20.1 Å². The van der Waals surface area contributed by atoms with E-state index in [1.54, 1.807) is 0 Å². The third-order valence-electron chi connectivity index (χ3n) is 8.69. The molecular formula is C20H34O4. The fourth-order valence-electron chi connectivity index (χ4n) is 6.71. The standard InChI is InChI=1S/C20H34O4/c1-5-18(3)10-15(23)19(4)13(11-21)6-8-20(12(2)17(18)24)9-7-14(22)16(19)20/h12-13,15-17,21,23-24H,5-11H2,1-4H3/t12-,13-,15+,16?,17-,18+,19-,20-/m0/s1. The Morgan fingerprint density at radius 3 is 2.46 bits per heavy atom. The van der Waals surface area contributed by atoms with Crippen LogP contribution in [0.4, 0.5) is 0 Å². The van der Waals surface area contributed by atoms with Crippen molar-refractivity contribution in [3.05, 3.63) is 0 Å². The van der Waals surface area contributed by atoms with Gasteiger partial charge in [-0.05, 0) is 54.8 Å². The van der Waals surface area contributed by atoms with E-state index in [1.165, 1.54) is 0 Å². The number of hydrogen-bond acceptors (Lipinski definition) is 4. The summed E-state index contributed by atoms with van der Waals surface area (Å²) in [5.74, 6) is -0.0209. The van der Waals surface area contributed by atoms with Crippen molar-refractivity contribution >= 4 is 5.78 Å². The maximum absolute atomic E-state index is 12.9. The largest absolute Gasteiger partial charge is 0.396 e. The Hall–Kier alpha value is -0.450. The van der Waals surface area contributed by atoms with Crippen molar-refractivity contribution in [2.75, 3.05) is 6.61 Å². The SMILES string of the molecule is CC[C@]1(C)C[C@@H](O)[C@@]2(C)C3C(=O)CC[C@@]3(CC[C@H]2CO)[C@@H](C)[C@@H]1O. The second-order valence-corrected chi connectivity index (χ2v) is 9.38. The second kappa shape index (κ2) is 5.78. The van der Waals surface area contributed by atoms with Gasteiger partial charge in [0.15, 0.2) is 0 Å². The summed E-state index contributed by atoms with van der Waals surface area (Å²) in [6.07, 6.45) is 3.16. The lowest BCUT2D eigenvalue weighted by atomic mass is 9.43. The van der Waals surface area contributed by atoms with Gasteiger partial charge in [-0.3, -0.25) is 4.79 Å². The van der Waals surface area contributed by atoms with Gasteiger partial charge < -0.3 is 15.3 Å². The first kappa shape index (κ1) is 18.3. The molecule has 0 aromatic heterocycles. The summed E-state index contributed by atoms with van der Waals surface area (Å²) < 4.78 is 0. The highest BCUT2D eigenvalue weighted by Crippen LogP contribution is 2.67. The Balaban J connectivity index is 2.19. The average molecular weight is 338 g/mol. The minimum atomic E-state index is -0.673. The zero-order valence-electron chi connectivity index (χ0n) is 15.6. The zero-order valence-corrected chi connectivity index (χ0v) is 15.6. The van der Waals surface area contributed by atoms with Crippen molar-refractivity contribution in [2.24, 2.45) is 34.0 Å². The van der Waals surface area contributed by atoms with Gasteiger partial charge in [0.1, 0.15) is 5.78 Å². The molecule has 1 unspecified atom stereocenters. The van der Waals surface area contributed by atoms with Crippen LogP contribution < -0.4 is 0 Å². The summed E-state index contributed by atoms with van der Waals surface area (Å²) in [7, 11) is 0. The van der Waals surface area contributed by atoms with Crippen molar-refractivity contribution in [1.82, 2.24) is 0 Å². The molecule has 3 N–H and O–H groups in total. The van der Waals surface area contributed by atoms with Gasteiger partial charge in [-0.1, -0.05) is 27.7 Å². The van der Waals surface area contributed by atoms with E-state index in [1.807, 2.05) is 6.92 Å². The molecule has 0 amide bonds. The van der Waals surface area contributed by atoms with E-state index in [2.05, 4.69) is 20.8 Å². The lowest BCUT2D eigenvalue weighted by molar-refractivity contribution is -0.205. The van der Waals surface area contributed by atoms with Gasteiger partial charge in [0, 0.05) is 24.4 Å². The van der Waals surface area contributed by atoms with Gasteiger partial charge in [0.2, 0.25) is 0 Å².